The van der Waals surface area contributed by atoms with Crippen molar-refractivity contribution in [3.8, 4) is 0 Å². The average molecular weight is 288 g/mol. The van der Waals surface area contributed by atoms with Gasteiger partial charge in [-0.1, -0.05) is 12.2 Å². The van der Waals surface area contributed by atoms with E-state index in [1.54, 1.807) is 6.26 Å². The first kappa shape index (κ1) is 12.9. The first-order valence-electron chi connectivity index (χ1n) is 7.33. The molecule has 0 bridgehead atoms. The Morgan fingerprint density at radius 2 is 1.91 bits per heavy atom. The van der Waals surface area contributed by atoms with Crippen molar-refractivity contribution in [2.24, 2.45) is 0 Å². The smallest absolute Gasteiger partial charge is 0.133 e. The fraction of sp³-hybridized carbons (Fsp3) is 0.105. The molecule has 0 saturated carbocycles. The molecule has 1 aliphatic rings. The summed E-state index contributed by atoms with van der Waals surface area (Å²) in [4.78, 5) is 6.39. The monoisotopic (exact) mass is 288 g/mol. The SMILES string of the molecule is CN1CC=CC(c2ccncc2)=C1c1ccc2occc2c1. The van der Waals surface area contributed by atoms with Gasteiger partial charge in [0, 0.05) is 36.9 Å². The summed E-state index contributed by atoms with van der Waals surface area (Å²) in [7, 11) is 2.12. The molecule has 4 rings (SSSR count). The number of allylic oxidation sites excluding steroid dienone is 2. The van der Waals surface area contributed by atoms with Crippen LogP contribution in [-0.4, -0.2) is 23.5 Å². The van der Waals surface area contributed by atoms with E-state index in [0.29, 0.717) is 0 Å². The second kappa shape index (κ2) is 5.19. The van der Waals surface area contributed by atoms with Crippen LogP contribution >= 0.6 is 0 Å². The van der Waals surface area contributed by atoms with Crippen LogP contribution in [0.5, 0.6) is 0 Å². The van der Waals surface area contributed by atoms with E-state index in [2.05, 4.69) is 53.3 Å². The van der Waals surface area contributed by atoms with Crippen molar-refractivity contribution >= 4 is 22.2 Å². The number of fused-ring (bicyclic) bond motifs is 1. The molecule has 0 N–H and O–H groups in total. The first-order valence-corrected chi connectivity index (χ1v) is 7.33. The van der Waals surface area contributed by atoms with E-state index in [-0.39, 0.29) is 0 Å². The standard InChI is InChI=1S/C19H16N2O/c1-21-11-2-3-17(14-6-9-20-10-7-14)19(21)16-4-5-18-15(13-16)8-12-22-18/h2-10,12-13H,11H2,1H3. The molecule has 0 radical (unpaired) electrons. The normalized spacial score (nSPS) is 14.9. The Labute approximate surface area is 129 Å². The van der Waals surface area contributed by atoms with Gasteiger partial charge in [-0.15, -0.1) is 0 Å². The Morgan fingerprint density at radius 1 is 1.05 bits per heavy atom. The van der Waals surface area contributed by atoms with Gasteiger partial charge in [0.05, 0.1) is 12.0 Å². The number of aromatic nitrogens is 1. The van der Waals surface area contributed by atoms with Gasteiger partial charge >= 0.3 is 0 Å². The molecule has 0 spiro atoms. The van der Waals surface area contributed by atoms with Crippen molar-refractivity contribution in [2.75, 3.05) is 13.6 Å². The predicted molar refractivity (Wildman–Crippen MR) is 89.0 cm³/mol. The highest BCUT2D eigenvalue weighted by molar-refractivity contribution is 5.97. The lowest BCUT2D eigenvalue weighted by Crippen LogP contribution is -2.20. The minimum Gasteiger partial charge on any atom is -0.464 e. The molecule has 0 atom stereocenters. The van der Waals surface area contributed by atoms with Gasteiger partial charge in [0.2, 0.25) is 0 Å². The van der Waals surface area contributed by atoms with Crippen molar-refractivity contribution in [3.05, 3.63) is 78.3 Å². The lowest BCUT2D eigenvalue weighted by molar-refractivity contribution is 0.533. The Hall–Kier alpha value is -2.81. The summed E-state index contributed by atoms with van der Waals surface area (Å²) in [5.41, 5.74) is 5.76. The number of furan rings is 1. The summed E-state index contributed by atoms with van der Waals surface area (Å²) in [6, 6.07) is 12.5. The third-order valence-corrected chi connectivity index (χ3v) is 4.02. The fourth-order valence-electron chi connectivity index (χ4n) is 2.96. The molecule has 3 heterocycles. The number of hydrogen-bond acceptors (Lipinski definition) is 3. The van der Waals surface area contributed by atoms with Crippen molar-refractivity contribution in [3.63, 3.8) is 0 Å². The molecule has 22 heavy (non-hydrogen) atoms. The maximum Gasteiger partial charge on any atom is 0.133 e. The van der Waals surface area contributed by atoms with Gasteiger partial charge in [0.15, 0.2) is 0 Å². The minimum absolute atomic E-state index is 0.910. The Kier molecular flexibility index (Phi) is 3.04. The van der Waals surface area contributed by atoms with E-state index in [1.165, 1.54) is 22.4 Å². The van der Waals surface area contributed by atoms with E-state index < -0.39 is 0 Å². The summed E-state index contributed by atoms with van der Waals surface area (Å²) in [6.07, 6.45) is 9.79. The second-order valence-electron chi connectivity index (χ2n) is 5.45. The molecule has 0 aliphatic carbocycles. The molecular weight excluding hydrogens is 272 g/mol. The number of hydrogen-bond donors (Lipinski definition) is 0. The highest BCUT2D eigenvalue weighted by Gasteiger charge is 2.17. The number of pyridine rings is 1. The zero-order valence-corrected chi connectivity index (χ0v) is 12.4. The van der Waals surface area contributed by atoms with Crippen LogP contribution in [0.4, 0.5) is 0 Å². The van der Waals surface area contributed by atoms with Crippen LogP contribution in [0.25, 0.3) is 22.2 Å². The third-order valence-electron chi connectivity index (χ3n) is 4.02. The molecule has 0 amide bonds. The number of benzene rings is 1. The van der Waals surface area contributed by atoms with Crippen LogP contribution in [0.1, 0.15) is 11.1 Å². The quantitative estimate of drug-likeness (QED) is 0.708. The van der Waals surface area contributed by atoms with Gasteiger partial charge in [0.25, 0.3) is 0 Å². The van der Waals surface area contributed by atoms with E-state index in [4.69, 9.17) is 4.42 Å². The number of nitrogens with zero attached hydrogens (tertiary/aromatic N) is 2. The topological polar surface area (TPSA) is 29.3 Å². The van der Waals surface area contributed by atoms with E-state index in [1.807, 2.05) is 24.5 Å². The molecule has 0 fully saturated rings. The van der Waals surface area contributed by atoms with Crippen LogP contribution in [0.3, 0.4) is 0 Å². The largest absolute Gasteiger partial charge is 0.464 e. The maximum atomic E-state index is 5.45. The molecular formula is C19H16N2O. The molecule has 0 saturated heterocycles. The zero-order chi connectivity index (χ0) is 14.9. The summed E-state index contributed by atoms with van der Waals surface area (Å²) < 4.78 is 5.45. The fourth-order valence-corrected chi connectivity index (χ4v) is 2.96. The molecule has 3 nitrogen and oxygen atoms in total. The molecule has 1 aliphatic heterocycles. The lowest BCUT2D eigenvalue weighted by atomic mass is 9.96. The Morgan fingerprint density at radius 3 is 2.77 bits per heavy atom. The van der Waals surface area contributed by atoms with Crippen molar-refractivity contribution in [1.29, 1.82) is 0 Å². The molecule has 3 heteroatoms. The summed E-state index contributed by atoms with van der Waals surface area (Å²) in [6.45, 7) is 0.910. The van der Waals surface area contributed by atoms with Crippen LogP contribution in [-0.2, 0) is 0 Å². The van der Waals surface area contributed by atoms with Gasteiger partial charge in [-0.2, -0.15) is 0 Å². The Bertz CT molecular complexity index is 875. The molecule has 2 aromatic heterocycles. The second-order valence-corrected chi connectivity index (χ2v) is 5.45. The predicted octanol–water partition coefficient (Wildman–Crippen LogP) is 4.20. The highest BCUT2D eigenvalue weighted by Crippen LogP contribution is 2.33. The van der Waals surface area contributed by atoms with Gasteiger partial charge in [-0.25, -0.2) is 0 Å². The van der Waals surface area contributed by atoms with E-state index in [0.717, 1.165) is 17.5 Å². The van der Waals surface area contributed by atoms with Crippen molar-refractivity contribution in [1.82, 2.24) is 9.88 Å². The minimum atomic E-state index is 0.910. The van der Waals surface area contributed by atoms with Crippen LogP contribution in [0, 0.1) is 0 Å². The lowest BCUT2D eigenvalue weighted by Gasteiger charge is -2.28. The summed E-state index contributed by atoms with van der Waals surface area (Å²) in [5.74, 6) is 0. The van der Waals surface area contributed by atoms with Gasteiger partial charge in [-0.3, -0.25) is 4.98 Å². The molecule has 108 valence electrons. The number of rotatable bonds is 2. The third kappa shape index (κ3) is 2.11. The first-order chi connectivity index (χ1) is 10.8. The van der Waals surface area contributed by atoms with Crippen molar-refractivity contribution in [2.45, 2.75) is 0 Å². The highest BCUT2D eigenvalue weighted by atomic mass is 16.3. The molecule has 3 aromatic rings. The van der Waals surface area contributed by atoms with E-state index in [9.17, 15) is 0 Å². The zero-order valence-electron chi connectivity index (χ0n) is 12.4. The van der Waals surface area contributed by atoms with E-state index >= 15 is 0 Å². The Balaban J connectivity index is 1.93. The van der Waals surface area contributed by atoms with Crippen LogP contribution in [0.2, 0.25) is 0 Å². The van der Waals surface area contributed by atoms with Crippen molar-refractivity contribution < 1.29 is 4.42 Å². The van der Waals surface area contributed by atoms with Gasteiger partial charge in [-0.05, 0) is 47.5 Å². The maximum absolute atomic E-state index is 5.45. The number of likely N-dealkylation sites (N-methyl/N-ethyl adjacent to an activating group) is 1. The van der Waals surface area contributed by atoms with Gasteiger partial charge < -0.3 is 9.32 Å². The van der Waals surface area contributed by atoms with Gasteiger partial charge in [0.1, 0.15) is 5.58 Å². The summed E-state index contributed by atoms with van der Waals surface area (Å²) >= 11 is 0. The molecule has 1 aromatic carbocycles. The van der Waals surface area contributed by atoms with Crippen LogP contribution in [0.15, 0.2) is 71.6 Å². The average Bonchev–Trinajstić information content (AvgIpc) is 3.03. The summed E-state index contributed by atoms with van der Waals surface area (Å²) in [5, 5.41) is 1.13. The van der Waals surface area contributed by atoms with Crippen LogP contribution < -0.4 is 0 Å². The molecule has 0 unspecified atom stereocenters.